The zero-order chi connectivity index (χ0) is 25.1. The molecular weight excluding hydrogens is 448 g/mol. The highest BCUT2D eigenvalue weighted by Crippen LogP contribution is 2.36. The van der Waals surface area contributed by atoms with Crippen LogP contribution in [0.4, 0.5) is 0 Å². The number of rotatable bonds is 6. The number of carbonyl (C=O) groups is 2. The Morgan fingerprint density at radius 1 is 0.833 bits per heavy atom. The lowest BCUT2D eigenvalue weighted by Crippen LogP contribution is -2.45. The van der Waals surface area contributed by atoms with Gasteiger partial charge in [-0.3, -0.25) is 19.9 Å². The van der Waals surface area contributed by atoms with Gasteiger partial charge in [-0.2, -0.15) is 0 Å². The summed E-state index contributed by atoms with van der Waals surface area (Å²) in [5, 5.41) is 14.6. The van der Waals surface area contributed by atoms with E-state index in [9.17, 15) is 9.59 Å². The SMILES string of the molecule is CNC(=O)c1cccc(-c2cccc(CN3C(=N)NC(c4ccccc4)(c4ccccc4)C3=O)c2)c1. The number of carbonyl (C=O) groups excluding carboxylic acids is 2. The molecule has 0 spiro atoms. The monoisotopic (exact) mass is 474 g/mol. The van der Waals surface area contributed by atoms with E-state index in [2.05, 4.69) is 10.6 Å². The molecule has 2 amide bonds. The summed E-state index contributed by atoms with van der Waals surface area (Å²) in [6.45, 7) is 0.245. The minimum atomic E-state index is -1.17. The van der Waals surface area contributed by atoms with Gasteiger partial charge < -0.3 is 10.6 Å². The van der Waals surface area contributed by atoms with Crippen LogP contribution in [0, 0.1) is 5.41 Å². The summed E-state index contributed by atoms with van der Waals surface area (Å²) < 4.78 is 0. The first-order chi connectivity index (χ1) is 17.5. The molecular formula is C30H26N4O2. The predicted octanol–water partition coefficient (Wildman–Crippen LogP) is 4.52. The fourth-order valence-corrected chi connectivity index (χ4v) is 4.70. The summed E-state index contributed by atoms with van der Waals surface area (Å²) in [5.41, 5.74) is 3.70. The largest absolute Gasteiger partial charge is 0.355 e. The lowest BCUT2D eigenvalue weighted by atomic mass is 9.82. The van der Waals surface area contributed by atoms with Crippen molar-refractivity contribution in [2.75, 3.05) is 7.05 Å². The molecule has 0 aromatic heterocycles. The van der Waals surface area contributed by atoms with E-state index < -0.39 is 5.54 Å². The van der Waals surface area contributed by atoms with Crippen molar-refractivity contribution in [3.8, 4) is 11.1 Å². The maximum absolute atomic E-state index is 14.0. The quantitative estimate of drug-likeness (QED) is 0.384. The van der Waals surface area contributed by atoms with Gasteiger partial charge in [-0.15, -0.1) is 0 Å². The van der Waals surface area contributed by atoms with E-state index in [1.807, 2.05) is 103 Å². The molecule has 1 saturated heterocycles. The summed E-state index contributed by atoms with van der Waals surface area (Å²) in [6.07, 6.45) is 0. The van der Waals surface area contributed by atoms with E-state index in [0.717, 1.165) is 27.8 Å². The molecule has 0 atom stereocenters. The van der Waals surface area contributed by atoms with Crippen LogP contribution >= 0.6 is 0 Å². The van der Waals surface area contributed by atoms with Crippen molar-refractivity contribution in [2.45, 2.75) is 12.1 Å². The standard InChI is InChI=1S/C30H26N4O2/c1-32-27(35)24-13-9-12-23(19-24)22-11-8-10-21(18-22)20-34-28(36)30(33-29(34)31,25-14-4-2-5-15-25)26-16-6-3-7-17-26/h2-19H,20H2,1H3,(H2,31,33)(H,32,35). The third kappa shape index (κ3) is 4.03. The van der Waals surface area contributed by atoms with Crippen molar-refractivity contribution in [3.05, 3.63) is 131 Å². The molecule has 3 N–H and O–H groups in total. The molecule has 178 valence electrons. The van der Waals surface area contributed by atoms with Gasteiger partial charge in [0.1, 0.15) is 0 Å². The van der Waals surface area contributed by atoms with Gasteiger partial charge in [-0.25, -0.2) is 0 Å². The van der Waals surface area contributed by atoms with E-state index in [1.165, 1.54) is 4.90 Å². The number of nitrogens with one attached hydrogen (secondary N) is 3. The molecule has 0 aliphatic carbocycles. The Balaban J connectivity index is 1.49. The first-order valence-corrected chi connectivity index (χ1v) is 11.7. The lowest BCUT2D eigenvalue weighted by Gasteiger charge is -2.28. The van der Waals surface area contributed by atoms with Gasteiger partial charge >= 0.3 is 0 Å². The summed E-state index contributed by atoms with van der Waals surface area (Å²) in [4.78, 5) is 27.6. The third-order valence-corrected chi connectivity index (χ3v) is 6.51. The topological polar surface area (TPSA) is 85.3 Å². The van der Waals surface area contributed by atoms with Crippen LogP contribution in [0.3, 0.4) is 0 Å². The minimum absolute atomic E-state index is 0.0553. The number of nitrogens with zero attached hydrogens (tertiary/aromatic N) is 1. The molecule has 1 aliphatic heterocycles. The van der Waals surface area contributed by atoms with Gasteiger partial charge in [0.25, 0.3) is 11.8 Å². The minimum Gasteiger partial charge on any atom is -0.355 e. The summed E-state index contributed by atoms with van der Waals surface area (Å²) in [5.74, 6) is -0.287. The van der Waals surface area contributed by atoms with Gasteiger partial charge in [0.15, 0.2) is 11.5 Å². The van der Waals surface area contributed by atoms with Gasteiger partial charge in [-0.05, 0) is 46.0 Å². The molecule has 0 radical (unpaired) electrons. The molecule has 6 heteroatoms. The smallest absolute Gasteiger partial charge is 0.264 e. The number of amides is 2. The van der Waals surface area contributed by atoms with E-state index in [0.29, 0.717) is 5.56 Å². The summed E-state index contributed by atoms with van der Waals surface area (Å²) in [7, 11) is 1.61. The second-order valence-corrected chi connectivity index (χ2v) is 8.71. The fraction of sp³-hybridized carbons (Fsp3) is 0.100. The molecule has 0 bridgehead atoms. The first kappa shape index (κ1) is 23.1. The highest BCUT2D eigenvalue weighted by atomic mass is 16.2. The number of benzene rings is 4. The number of hydrogen-bond donors (Lipinski definition) is 3. The van der Waals surface area contributed by atoms with Crippen LogP contribution in [0.15, 0.2) is 109 Å². The number of guanidine groups is 1. The van der Waals surface area contributed by atoms with Gasteiger partial charge in [0.2, 0.25) is 0 Å². The second-order valence-electron chi connectivity index (χ2n) is 8.71. The Hall–Kier alpha value is -4.71. The average molecular weight is 475 g/mol. The number of hydrogen-bond acceptors (Lipinski definition) is 3. The molecule has 0 saturated carbocycles. The zero-order valence-corrected chi connectivity index (χ0v) is 19.9. The second kappa shape index (κ2) is 9.50. The van der Waals surface area contributed by atoms with Gasteiger partial charge in [0, 0.05) is 12.6 Å². The summed E-state index contributed by atoms with van der Waals surface area (Å²) >= 11 is 0. The van der Waals surface area contributed by atoms with Crippen LogP contribution in [0.25, 0.3) is 11.1 Å². The molecule has 5 rings (SSSR count). The Morgan fingerprint density at radius 2 is 1.42 bits per heavy atom. The molecule has 1 heterocycles. The Bertz CT molecular complexity index is 1390. The van der Waals surface area contributed by atoms with Crippen molar-refractivity contribution in [2.24, 2.45) is 0 Å². The molecule has 36 heavy (non-hydrogen) atoms. The zero-order valence-electron chi connectivity index (χ0n) is 19.9. The third-order valence-electron chi connectivity index (χ3n) is 6.51. The van der Waals surface area contributed by atoms with Crippen LogP contribution in [0.1, 0.15) is 27.0 Å². The van der Waals surface area contributed by atoms with Crippen molar-refractivity contribution >= 4 is 17.8 Å². The van der Waals surface area contributed by atoms with Crippen molar-refractivity contribution in [1.82, 2.24) is 15.5 Å². The normalized spacial score (nSPS) is 14.4. The lowest BCUT2D eigenvalue weighted by molar-refractivity contribution is -0.130. The van der Waals surface area contributed by atoms with Gasteiger partial charge in [-0.1, -0.05) is 91.0 Å². The van der Waals surface area contributed by atoms with Gasteiger partial charge in [0.05, 0.1) is 6.54 Å². The van der Waals surface area contributed by atoms with Crippen molar-refractivity contribution < 1.29 is 9.59 Å². The molecule has 1 fully saturated rings. The highest BCUT2D eigenvalue weighted by Gasteiger charge is 2.52. The highest BCUT2D eigenvalue weighted by molar-refractivity contribution is 6.10. The van der Waals surface area contributed by atoms with E-state index >= 15 is 0 Å². The van der Waals surface area contributed by atoms with Crippen LogP contribution < -0.4 is 10.6 Å². The molecule has 0 unspecified atom stereocenters. The van der Waals surface area contributed by atoms with Crippen LogP contribution in [0.5, 0.6) is 0 Å². The molecule has 1 aliphatic rings. The Morgan fingerprint density at radius 3 is 2.03 bits per heavy atom. The van der Waals surface area contributed by atoms with E-state index in [4.69, 9.17) is 5.41 Å². The molecule has 6 nitrogen and oxygen atoms in total. The van der Waals surface area contributed by atoms with Crippen LogP contribution in [0.2, 0.25) is 0 Å². The molecule has 4 aromatic carbocycles. The van der Waals surface area contributed by atoms with E-state index in [1.54, 1.807) is 13.1 Å². The van der Waals surface area contributed by atoms with Crippen molar-refractivity contribution in [3.63, 3.8) is 0 Å². The fourth-order valence-electron chi connectivity index (χ4n) is 4.70. The molecule has 4 aromatic rings. The first-order valence-electron chi connectivity index (χ1n) is 11.7. The Labute approximate surface area is 210 Å². The maximum atomic E-state index is 14.0. The van der Waals surface area contributed by atoms with E-state index in [-0.39, 0.29) is 24.3 Å². The Kier molecular flexibility index (Phi) is 6.09. The van der Waals surface area contributed by atoms with Crippen LogP contribution in [-0.4, -0.2) is 29.7 Å². The van der Waals surface area contributed by atoms with Crippen LogP contribution in [-0.2, 0) is 16.9 Å². The van der Waals surface area contributed by atoms with Crippen molar-refractivity contribution in [1.29, 1.82) is 5.41 Å². The average Bonchev–Trinajstić information content (AvgIpc) is 3.19. The maximum Gasteiger partial charge on any atom is 0.264 e. The predicted molar refractivity (Wildman–Crippen MR) is 140 cm³/mol. The summed E-state index contributed by atoms with van der Waals surface area (Å²) in [6, 6.07) is 34.3.